The lowest BCUT2D eigenvalue weighted by Crippen LogP contribution is -2.37. The molecule has 2 aliphatic carbocycles. The van der Waals surface area contributed by atoms with Crippen LogP contribution in [0, 0.1) is 0 Å². The van der Waals surface area contributed by atoms with Crippen molar-refractivity contribution in [3.05, 3.63) is 81.2 Å². The zero-order valence-electron chi connectivity index (χ0n) is 22.1. The quantitative estimate of drug-likeness (QED) is 0.420. The molecular weight excluding hydrogens is 502 g/mol. The molecule has 6 nitrogen and oxygen atoms in total. The number of dihydropyridines is 1. The SMILES string of the molecule is COc1ccc(C2CC(=O)C3=C(C2)NC(C)=C(C(=O)OC2CCCCC2)C3c2ccccc2Cl)cc1OC. The first-order valence-electron chi connectivity index (χ1n) is 13.3. The zero-order chi connectivity index (χ0) is 26.8. The first-order chi connectivity index (χ1) is 18.4. The molecular formula is C31H34ClNO5. The molecule has 0 amide bonds. The molecule has 0 saturated heterocycles. The molecule has 200 valence electrons. The number of rotatable bonds is 6. The van der Waals surface area contributed by atoms with E-state index in [0.29, 0.717) is 46.2 Å². The molecule has 1 N–H and O–H groups in total. The number of hydrogen-bond acceptors (Lipinski definition) is 6. The molecule has 3 aliphatic rings. The zero-order valence-corrected chi connectivity index (χ0v) is 22.9. The lowest BCUT2D eigenvalue weighted by Gasteiger charge is -2.37. The number of methoxy groups -OCH3 is 2. The third-order valence-electron chi connectivity index (χ3n) is 7.97. The molecule has 0 bridgehead atoms. The Morgan fingerprint density at radius 2 is 1.71 bits per heavy atom. The minimum Gasteiger partial charge on any atom is -0.493 e. The van der Waals surface area contributed by atoms with Gasteiger partial charge in [-0.15, -0.1) is 0 Å². The topological polar surface area (TPSA) is 73.9 Å². The summed E-state index contributed by atoms with van der Waals surface area (Å²) < 4.78 is 16.9. The summed E-state index contributed by atoms with van der Waals surface area (Å²) in [6.07, 6.45) is 5.91. The fourth-order valence-corrected chi connectivity index (χ4v) is 6.31. The van der Waals surface area contributed by atoms with Crippen LogP contribution in [-0.2, 0) is 14.3 Å². The Balaban J connectivity index is 1.52. The van der Waals surface area contributed by atoms with Crippen LogP contribution in [0.3, 0.4) is 0 Å². The number of hydrogen-bond donors (Lipinski definition) is 1. The van der Waals surface area contributed by atoms with E-state index in [0.717, 1.165) is 42.5 Å². The molecule has 1 heterocycles. The van der Waals surface area contributed by atoms with Crippen molar-refractivity contribution in [2.45, 2.75) is 69.8 Å². The number of Topliss-reactive ketones (excluding diaryl/α,β-unsaturated/α-hetero) is 1. The van der Waals surface area contributed by atoms with Crippen LogP contribution in [0.5, 0.6) is 11.5 Å². The monoisotopic (exact) mass is 535 g/mol. The summed E-state index contributed by atoms with van der Waals surface area (Å²) in [5.74, 6) is 0.297. The van der Waals surface area contributed by atoms with E-state index in [2.05, 4.69) is 5.32 Å². The first-order valence-corrected chi connectivity index (χ1v) is 13.7. The minimum absolute atomic E-state index is 0.000999. The molecule has 2 unspecified atom stereocenters. The van der Waals surface area contributed by atoms with Crippen molar-refractivity contribution in [2.75, 3.05) is 14.2 Å². The molecule has 2 aromatic carbocycles. The van der Waals surface area contributed by atoms with Crippen molar-refractivity contribution in [3.8, 4) is 11.5 Å². The molecule has 0 radical (unpaired) electrons. The number of benzene rings is 2. The molecule has 2 atom stereocenters. The number of esters is 1. The average Bonchev–Trinajstić information content (AvgIpc) is 2.92. The van der Waals surface area contributed by atoms with Gasteiger partial charge in [-0.1, -0.05) is 42.3 Å². The molecule has 2 aromatic rings. The number of halogens is 1. The van der Waals surface area contributed by atoms with E-state index >= 15 is 0 Å². The highest BCUT2D eigenvalue weighted by molar-refractivity contribution is 6.31. The molecule has 1 aliphatic heterocycles. The minimum atomic E-state index is -0.574. The molecule has 1 saturated carbocycles. The molecule has 5 rings (SSSR count). The fraction of sp³-hybridized carbons (Fsp3) is 0.419. The normalized spacial score (nSPS) is 22.1. The van der Waals surface area contributed by atoms with Gasteiger partial charge in [-0.05, 0) is 74.3 Å². The summed E-state index contributed by atoms with van der Waals surface area (Å²) >= 11 is 6.68. The van der Waals surface area contributed by atoms with Crippen LogP contribution >= 0.6 is 11.6 Å². The maximum Gasteiger partial charge on any atom is 0.337 e. The van der Waals surface area contributed by atoms with Gasteiger partial charge in [0.15, 0.2) is 17.3 Å². The third kappa shape index (κ3) is 5.06. The van der Waals surface area contributed by atoms with Gasteiger partial charge in [0.1, 0.15) is 6.10 Å². The smallest absolute Gasteiger partial charge is 0.337 e. The number of ether oxygens (including phenoxy) is 3. The Labute approximate surface area is 229 Å². The predicted molar refractivity (Wildman–Crippen MR) is 147 cm³/mol. The van der Waals surface area contributed by atoms with E-state index in [1.807, 2.05) is 43.3 Å². The highest BCUT2D eigenvalue weighted by Gasteiger charge is 2.42. The first kappa shape index (κ1) is 26.4. The van der Waals surface area contributed by atoms with Crippen molar-refractivity contribution >= 4 is 23.4 Å². The van der Waals surface area contributed by atoms with Gasteiger partial charge < -0.3 is 19.5 Å². The van der Waals surface area contributed by atoms with E-state index in [-0.39, 0.29) is 23.8 Å². The van der Waals surface area contributed by atoms with Crippen molar-refractivity contribution < 1.29 is 23.8 Å². The average molecular weight is 536 g/mol. The standard InChI is InChI=1S/C31H34ClNO5/c1-18-28(31(35)38-21-9-5-4-6-10-21)29(22-11-7-8-12-23(22)32)30-24(33-18)15-20(16-25(30)34)19-13-14-26(36-2)27(17-19)37-3/h7-8,11-14,17,20-21,29,33H,4-6,9-10,15-16H2,1-3H3. The Hall–Kier alpha value is -3.25. The van der Waals surface area contributed by atoms with Gasteiger partial charge in [0, 0.05) is 34.3 Å². The van der Waals surface area contributed by atoms with Gasteiger partial charge in [0.2, 0.25) is 0 Å². The third-order valence-corrected chi connectivity index (χ3v) is 8.31. The lowest BCUT2D eigenvalue weighted by molar-refractivity contribution is -0.146. The summed E-state index contributed by atoms with van der Waals surface area (Å²) in [4.78, 5) is 27.5. The van der Waals surface area contributed by atoms with Crippen LogP contribution in [-0.4, -0.2) is 32.1 Å². The van der Waals surface area contributed by atoms with Crippen molar-refractivity contribution in [1.82, 2.24) is 5.32 Å². The van der Waals surface area contributed by atoms with Crippen molar-refractivity contribution in [1.29, 1.82) is 0 Å². The summed E-state index contributed by atoms with van der Waals surface area (Å²) in [6.45, 7) is 1.88. The summed E-state index contributed by atoms with van der Waals surface area (Å²) in [5.41, 5.74) is 4.36. The second kappa shape index (κ2) is 11.2. The highest BCUT2D eigenvalue weighted by Crippen LogP contribution is 2.48. The van der Waals surface area contributed by atoms with E-state index in [1.165, 1.54) is 6.42 Å². The number of allylic oxidation sites excluding steroid dienone is 3. The van der Waals surface area contributed by atoms with E-state index < -0.39 is 5.92 Å². The van der Waals surface area contributed by atoms with E-state index in [9.17, 15) is 9.59 Å². The Morgan fingerprint density at radius 1 is 0.974 bits per heavy atom. The predicted octanol–water partition coefficient (Wildman–Crippen LogP) is 6.59. The van der Waals surface area contributed by atoms with Gasteiger partial charge in [-0.2, -0.15) is 0 Å². The second-order valence-corrected chi connectivity index (χ2v) is 10.7. The number of carbonyl (C=O) groups is 2. The second-order valence-electron chi connectivity index (χ2n) is 10.3. The summed E-state index contributed by atoms with van der Waals surface area (Å²) in [6, 6.07) is 13.2. The molecule has 1 fully saturated rings. The van der Waals surface area contributed by atoms with Gasteiger partial charge >= 0.3 is 5.97 Å². The largest absolute Gasteiger partial charge is 0.493 e. The van der Waals surface area contributed by atoms with Crippen LogP contribution in [0.25, 0.3) is 0 Å². The van der Waals surface area contributed by atoms with Gasteiger partial charge in [0.25, 0.3) is 0 Å². The van der Waals surface area contributed by atoms with Crippen LogP contribution in [0.4, 0.5) is 0 Å². The number of carbonyl (C=O) groups excluding carboxylic acids is 2. The number of nitrogens with one attached hydrogen (secondary N) is 1. The van der Waals surface area contributed by atoms with E-state index in [4.69, 9.17) is 25.8 Å². The van der Waals surface area contributed by atoms with Gasteiger partial charge in [-0.25, -0.2) is 4.79 Å². The Bertz CT molecular complexity index is 1310. The fourth-order valence-electron chi connectivity index (χ4n) is 6.07. The summed E-state index contributed by atoms with van der Waals surface area (Å²) in [5, 5.41) is 3.95. The van der Waals surface area contributed by atoms with Gasteiger partial charge in [0.05, 0.1) is 19.8 Å². The molecule has 7 heteroatoms. The molecule has 0 aromatic heterocycles. The number of ketones is 1. The van der Waals surface area contributed by atoms with Crippen LogP contribution < -0.4 is 14.8 Å². The van der Waals surface area contributed by atoms with Crippen molar-refractivity contribution in [3.63, 3.8) is 0 Å². The highest BCUT2D eigenvalue weighted by atomic mass is 35.5. The maximum atomic E-state index is 13.9. The lowest BCUT2D eigenvalue weighted by atomic mass is 9.71. The van der Waals surface area contributed by atoms with Gasteiger partial charge in [-0.3, -0.25) is 4.79 Å². The summed E-state index contributed by atoms with van der Waals surface area (Å²) in [7, 11) is 3.21. The van der Waals surface area contributed by atoms with Crippen molar-refractivity contribution in [2.24, 2.45) is 0 Å². The van der Waals surface area contributed by atoms with Crippen LogP contribution in [0.2, 0.25) is 5.02 Å². The Morgan fingerprint density at radius 3 is 2.42 bits per heavy atom. The molecule has 0 spiro atoms. The van der Waals surface area contributed by atoms with E-state index in [1.54, 1.807) is 20.3 Å². The Kier molecular flexibility index (Phi) is 7.80. The molecule has 38 heavy (non-hydrogen) atoms. The maximum absolute atomic E-state index is 13.9. The van der Waals surface area contributed by atoms with Crippen LogP contribution in [0.1, 0.15) is 74.8 Å². The van der Waals surface area contributed by atoms with Crippen LogP contribution in [0.15, 0.2) is 65.0 Å².